The molecule has 0 aliphatic heterocycles. The number of hydrogen-bond acceptors (Lipinski definition) is 7. The highest BCUT2D eigenvalue weighted by Gasteiger charge is 2.18. The topological polar surface area (TPSA) is 103 Å². The van der Waals surface area contributed by atoms with Crippen molar-refractivity contribution in [1.29, 1.82) is 0 Å². The summed E-state index contributed by atoms with van der Waals surface area (Å²) in [7, 11) is -1.43. The highest BCUT2D eigenvalue weighted by molar-refractivity contribution is 7.90. The zero-order valence-corrected chi connectivity index (χ0v) is 12.6. The highest BCUT2D eigenvalue weighted by Crippen LogP contribution is 2.20. The fourth-order valence-electron chi connectivity index (χ4n) is 1.55. The first kappa shape index (κ1) is 16.2. The van der Waals surface area contributed by atoms with Crippen LogP contribution >= 0.6 is 0 Å². The molecule has 0 atom stereocenters. The number of carbonyl (C=O) groups excluding carboxylic acids is 1. The second-order valence-corrected chi connectivity index (χ2v) is 6.67. The van der Waals surface area contributed by atoms with Crippen LogP contribution in [0.4, 0.5) is 11.5 Å². The van der Waals surface area contributed by atoms with E-state index >= 15 is 0 Å². The molecule has 1 aromatic heterocycles. The molecule has 2 N–H and O–H groups in total. The van der Waals surface area contributed by atoms with Gasteiger partial charge in [0.25, 0.3) is 0 Å². The molecule has 0 aliphatic carbocycles. The second-order valence-electron chi connectivity index (χ2n) is 4.41. The Morgan fingerprint density at radius 2 is 2.15 bits per heavy atom. The third kappa shape index (κ3) is 4.69. The third-order valence-electron chi connectivity index (χ3n) is 2.54. The Bertz CT molecular complexity index is 586. The second kappa shape index (κ2) is 6.56. The summed E-state index contributed by atoms with van der Waals surface area (Å²) < 4.78 is 27.3. The quantitative estimate of drug-likeness (QED) is 0.755. The number of rotatable bonds is 6. The Morgan fingerprint density at radius 3 is 2.70 bits per heavy atom. The number of pyridine rings is 1. The maximum absolute atomic E-state index is 11.9. The van der Waals surface area contributed by atoms with Crippen molar-refractivity contribution in [2.75, 3.05) is 42.8 Å². The van der Waals surface area contributed by atoms with Gasteiger partial charge in [-0.25, -0.2) is 18.2 Å². The lowest BCUT2D eigenvalue weighted by Gasteiger charge is -2.20. The van der Waals surface area contributed by atoms with Crippen molar-refractivity contribution < 1.29 is 17.9 Å². The van der Waals surface area contributed by atoms with Gasteiger partial charge in [-0.2, -0.15) is 0 Å². The van der Waals surface area contributed by atoms with Crippen molar-refractivity contribution in [3.8, 4) is 0 Å². The van der Waals surface area contributed by atoms with E-state index in [0.29, 0.717) is 11.5 Å². The summed E-state index contributed by atoms with van der Waals surface area (Å²) in [5.74, 6) is -0.215. The first-order valence-corrected chi connectivity index (χ1v) is 8.12. The van der Waals surface area contributed by atoms with Crippen LogP contribution in [0.5, 0.6) is 0 Å². The molecule has 0 aromatic carbocycles. The normalized spacial score (nSPS) is 11.2. The van der Waals surface area contributed by atoms with Crippen molar-refractivity contribution in [1.82, 2.24) is 4.98 Å². The van der Waals surface area contributed by atoms with Crippen LogP contribution in [0.25, 0.3) is 0 Å². The molecule has 0 amide bonds. The lowest BCUT2D eigenvalue weighted by atomic mass is 10.2. The van der Waals surface area contributed by atoms with Crippen LogP contribution in [0.1, 0.15) is 17.3 Å². The van der Waals surface area contributed by atoms with E-state index in [1.54, 1.807) is 18.9 Å². The number of anilines is 2. The molecular formula is C12H19N3O4S. The van der Waals surface area contributed by atoms with Crippen molar-refractivity contribution in [2.45, 2.75) is 6.92 Å². The molecule has 1 aromatic rings. The zero-order valence-electron chi connectivity index (χ0n) is 11.8. The fraction of sp³-hybridized carbons (Fsp3) is 0.500. The number of nitrogens with zero attached hydrogens (tertiary/aromatic N) is 2. The number of nitrogen functional groups attached to an aromatic ring is 1. The molecule has 0 fully saturated rings. The summed E-state index contributed by atoms with van der Waals surface area (Å²) in [6.07, 6.45) is 2.57. The molecular weight excluding hydrogens is 282 g/mol. The van der Waals surface area contributed by atoms with Crippen LogP contribution < -0.4 is 10.6 Å². The van der Waals surface area contributed by atoms with Gasteiger partial charge in [0.1, 0.15) is 21.2 Å². The van der Waals surface area contributed by atoms with E-state index in [1.165, 1.54) is 12.3 Å². The fourth-order valence-corrected chi connectivity index (χ4v) is 2.15. The third-order valence-corrected chi connectivity index (χ3v) is 3.47. The van der Waals surface area contributed by atoms with Gasteiger partial charge in [0.15, 0.2) is 0 Å². The Morgan fingerprint density at radius 1 is 1.50 bits per heavy atom. The Labute approximate surface area is 118 Å². The number of aromatic nitrogens is 1. The number of ether oxygens (including phenoxy) is 1. The molecule has 0 saturated carbocycles. The van der Waals surface area contributed by atoms with E-state index in [-0.39, 0.29) is 24.5 Å². The monoisotopic (exact) mass is 301 g/mol. The van der Waals surface area contributed by atoms with Crippen LogP contribution in [0.3, 0.4) is 0 Å². The molecule has 0 bridgehead atoms. The molecule has 8 heteroatoms. The van der Waals surface area contributed by atoms with Crippen LogP contribution in [-0.2, 0) is 14.6 Å². The summed E-state index contributed by atoms with van der Waals surface area (Å²) in [6, 6.07) is 1.47. The van der Waals surface area contributed by atoms with Gasteiger partial charge in [-0.15, -0.1) is 0 Å². The van der Waals surface area contributed by atoms with Crippen LogP contribution in [0.15, 0.2) is 12.3 Å². The maximum atomic E-state index is 11.9. The average Bonchev–Trinajstić information content (AvgIpc) is 2.35. The minimum Gasteiger partial charge on any atom is -0.462 e. The van der Waals surface area contributed by atoms with E-state index in [4.69, 9.17) is 10.5 Å². The zero-order chi connectivity index (χ0) is 15.3. The Hall–Kier alpha value is -1.83. The summed E-state index contributed by atoms with van der Waals surface area (Å²) in [6.45, 7) is 2.16. The smallest absolute Gasteiger partial charge is 0.341 e. The van der Waals surface area contributed by atoms with E-state index in [9.17, 15) is 13.2 Å². The van der Waals surface area contributed by atoms with Gasteiger partial charge >= 0.3 is 5.97 Å². The van der Waals surface area contributed by atoms with Crippen LogP contribution in [0, 0.1) is 0 Å². The van der Waals surface area contributed by atoms with Crippen LogP contribution in [-0.4, -0.2) is 51.6 Å². The van der Waals surface area contributed by atoms with Gasteiger partial charge < -0.3 is 15.4 Å². The van der Waals surface area contributed by atoms with E-state index in [2.05, 4.69) is 4.98 Å². The molecule has 0 saturated heterocycles. The van der Waals surface area contributed by atoms with Crippen molar-refractivity contribution >= 4 is 27.3 Å². The van der Waals surface area contributed by atoms with Gasteiger partial charge in [-0.3, -0.25) is 0 Å². The summed E-state index contributed by atoms with van der Waals surface area (Å²) in [5.41, 5.74) is 6.19. The molecule has 1 heterocycles. The minimum atomic E-state index is -3.09. The summed E-state index contributed by atoms with van der Waals surface area (Å²) in [4.78, 5) is 17.5. The molecule has 1 rings (SSSR count). The predicted octanol–water partition coefficient (Wildman–Crippen LogP) is 0.321. The molecule has 0 spiro atoms. The van der Waals surface area contributed by atoms with E-state index in [1.807, 2.05) is 0 Å². The van der Waals surface area contributed by atoms with Gasteiger partial charge in [0.05, 0.1) is 24.2 Å². The lowest BCUT2D eigenvalue weighted by molar-refractivity contribution is 0.0526. The number of esters is 1. The largest absolute Gasteiger partial charge is 0.462 e. The number of carbonyl (C=O) groups is 1. The summed E-state index contributed by atoms with van der Waals surface area (Å²) in [5, 5.41) is 0. The molecule has 0 unspecified atom stereocenters. The summed E-state index contributed by atoms with van der Waals surface area (Å²) >= 11 is 0. The van der Waals surface area contributed by atoms with Crippen molar-refractivity contribution in [3.05, 3.63) is 17.8 Å². The number of sulfone groups is 1. The van der Waals surface area contributed by atoms with Gasteiger partial charge in [-0.1, -0.05) is 0 Å². The van der Waals surface area contributed by atoms with Crippen molar-refractivity contribution in [2.24, 2.45) is 0 Å². The van der Waals surface area contributed by atoms with Crippen molar-refractivity contribution in [3.63, 3.8) is 0 Å². The van der Waals surface area contributed by atoms with Gasteiger partial charge in [-0.05, 0) is 13.0 Å². The first-order valence-electron chi connectivity index (χ1n) is 6.06. The SMILES string of the molecule is CCOC(=O)c1cc(N)cnc1N(C)CCS(C)(=O)=O. The lowest BCUT2D eigenvalue weighted by Crippen LogP contribution is -2.27. The molecule has 20 heavy (non-hydrogen) atoms. The van der Waals surface area contributed by atoms with Gasteiger partial charge in [0.2, 0.25) is 0 Å². The maximum Gasteiger partial charge on any atom is 0.341 e. The Balaban J connectivity index is 3.01. The molecule has 0 radical (unpaired) electrons. The molecule has 112 valence electrons. The van der Waals surface area contributed by atoms with Crippen LogP contribution in [0.2, 0.25) is 0 Å². The Kier molecular flexibility index (Phi) is 5.32. The predicted molar refractivity (Wildman–Crippen MR) is 77.6 cm³/mol. The standard InChI is InChI=1S/C12H19N3O4S/c1-4-19-12(16)10-7-9(13)8-14-11(10)15(2)5-6-20(3,17)18/h7-8H,4-6,13H2,1-3H3. The molecule has 0 aliphatic rings. The first-order chi connectivity index (χ1) is 9.24. The average molecular weight is 301 g/mol. The van der Waals surface area contributed by atoms with Gasteiger partial charge in [0, 0.05) is 19.8 Å². The number of hydrogen-bond donors (Lipinski definition) is 1. The van der Waals surface area contributed by atoms with E-state index < -0.39 is 15.8 Å². The highest BCUT2D eigenvalue weighted by atomic mass is 32.2. The van der Waals surface area contributed by atoms with E-state index in [0.717, 1.165) is 6.26 Å². The molecule has 7 nitrogen and oxygen atoms in total. The number of nitrogens with two attached hydrogens (primary N) is 1. The minimum absolute atomic E-state index is 0.0299.